The third kappa shape index (κ3) is 2.91. The lowest BCUT2D eigenvalue weighted by Crippen LogP contribution is -3.15. The van der Waals surface area contributed by atoms with E-state index in [0.717, 1.165) is 52.2 Å². The quantitative estimate of drug-likeness (QED) is 0.554. The van der Waals surface area contributed by atoms with Crippen molar-refractivity contribution in [1.82, 2.24) is 4.90 Å². The molecule has 5 aliphatic rings. The van der Waals surface area contributed by atoms with Gasteiger partial charge in [-0.1, -0.05) is 6.92 Å². The van der Waals surface area contributed by atoms with Gasteiger partial charge in [0.15, 0.2) is 0 Å². The largest absolute Gasteiger partial charge is 0.462 e. The molecule has 27 heavy (non-hydrogen) atoms. The van der Waals surface area contributed by atoms with Crippen LogP contribution < -0.4 is 4.90 Å². The maximum atomic E-state index is 12.7. The molecule has 6 heteroatoms. The second-order valence-electron chi connectivity index (χ2n) is 10.1. The van der Waals surface area contributed by atoms with E-state index in [1.807, 2.05) is 4.90 Å². The van der Waals surface area contributed by atoms with Gasteiger partial charge in [-0.15, -0.1) is 0 Å². The predicted octanol–water partition coefficient (Wildman–Crippen LogP) is 0.260. The van der Waals surface area contributed by atoms with Crippen LogP contribution in [0.3, 0.4) is 0 Å². The van der Waals surface area contributed by atoms with E-state index in [-0.39, 0.29) is 34.9 Å². The summed E-state index contributed by atoms with van der Waals surface area (Å²) in [4.78, 5) is 27.7. The van der Waals surface area contributed by atoms with E-state index in [9.17, 15) is 9.59 Å². The zero-order valence-corrected chi connectivity index (χ0v) is 16.7. The highest BCUT2D eigenvalue weighted by atomic mass is 16.6. The monoisotopic (exact) mass is 377 g/mol. The fraction of sp³-hybridized carbons (Fsp3) is 0.905. The molecule has 150 valence electrons. The summed E-state index contributed by atoms with van der Waals surface area (Å²) in [6.45, 7) is 9.32. The number of rotatable bonds is 2. The summed E-state index contributed by atoms with van der Waals surface area (Å²) in [6, 6.07) is 0. The first kappa shape index (κ1) is 17.9. The van der Waals surface area contributed by atoms with Crippen LogP contribution in [0.25, 0.3) is 0 Å². The highest BCUT2D eigenvalue weighted by Gasteiger charge is 2.65. The molecule has 3 heterocycles. The molecule has 1 spiro atoms. The summed E-state index contributed by atoms with van der Waals surface area (Å²) in [5.74, 6) is 1.15. The standard InChI is InChI=1S/C21H32N2O4/c1-14(24)23-8-6-22(7-9-23)12-16-15-10-18-20(2,11-17(15)27-19(16)25)4-3-5-21(18)13-26-21/h15-18H,3-13H2,1-2H3/p+1/t15-,16-,17-,18-,20-,21-/m1/s1. The Hall–Kier alpha value is -1.14. The van der Waals surface area contributed by atoms with Crippen molar-refractivity contribution in [2.24, 2.45) is 23.2 Å². The minimum Gasteiger partial charge on any atom is -0.462 e. The molecule has 2 aliphatic carbocycles. The molecule has 6 atom stereocenters. The first-order valence-corrected chi connectivity index (χ1v) is 10.8. The number of ether oxygens (including phenoxy) is 2. The highest BCUT2D eigenvalue weighted by molar-refractivity contribution is 5.75. The number of quaternary nitrogens is 1. The van der Waals surface area contributed by atoms with Gasteiger partial charge < -0.3 is 19.3 Å². The highest BCUT2D eigenvalue weighted by Crippen LogP contribution is 2.62. The second kappa shape index (κ2) is 6.18. The van der Waals surface area contributed by atoms with Crippen LogP contribution in [-0.4, -0.2) is 67.8 Å². The van der Waals surface area contributed by atoms with Crippen LogP contribution in [0, 0.1) is 23.2 Å². The van der Waals surface area contributed by atoms with Gasteiger partial charge >= 0.3 is 5.97 Å². The summed E-state index contributed by atoms with van der Waals surface area (Å²) >= 11 is 0. The van der Waals surface area contributed by atoms with Gasteiger partial charge in [-0.2, -0.15) is 0 Å². The molecule has 6 nitrogen and oxygen atoms in total. The number of esters is 1. The Morgan fingerprint density at radius 2 is 2.04 bits per heavy atom. The molecule has 0 aromatic carbocycles. The van der Waals surface area contributed by atoms with Crippen molar-refractivity contribution in [2.75, 3.05) is 39.3 Å². The summed E-state index contributed by atoms with van der Waals surface area (Å²) in [7, 11) is 0. The van der Waals surface area contributed by atoms with E-state index >= 15 is 0 Å². The van der Waals surface area contributed by atoms with Gasteiger partial charge in [0, 0.05) is 12.8 Å². The summed E-state index contributed by atoms with van der Waals surface area (Å²) in [6.07, 6.45) is 5.89. The smallest absolute Gasteiger partial charge is 0.315 e. The van der Waals surface area contributed by atoms with E-state index in [0.29, 0.717) is 11.8 Å². The van der Waals surface area contributed by atoms with Gasteiger partial charge in [0.25, 0.3) is 0 Å². The van der Waals surface area contributed by atoms with Crippen LogP contribution in [0.15, 0.2) is 0 Å². The van der Waals surface area contributed by atoms with E-state index in [4.69, 9.17) is 9.47 Å². The molecule has 3 saturated heterocycles. The van der Waals surface area contributed by atoms with Crippen molar-refractivity contribution < 1.29 is 24.0 Å². The molecular weight excluding hydrogens is 344 g/mol. The molecule has 0 radical (unpaired) electrons. The van der Waals surface area contributed by atoms with Crippen LogP contribution in [0.5, 0.6) is 0 Å². The fourth-order valence-corrected chi connectivity index (χ4v) is 6.84. The molecule has 0 unspecified atom stereocenters. The third-order valence-electron chi connectivity index (χ3n) is 8.50. The normalized spacial score (nSPS) is 46.7. The molecule has 1 N–H and O–H groups in total. The Kier molecular flexibility index (Phi) is 4.10. The van der Waals surface area contributed by atoms with E-state index in [1.54, 1.807) is 6.92 Å². The molecule has 1 amide bonds. The van der Waals surface area contributed by atoms with Crippen molar-refractivity contribution >= 4 is 11.9 Å². The van der Waals surface area contributed by atoms with Crippen LogP contribution in [0.1, 0.15) is 46.0 Å². The first-order valence-electron chi connectivity index (χ1n) is 10.8. The van der Waals surface area contributed by atoms with E-state index in [1.165, 1.54) is 24.2 Å². The van der Waals surface area contributed by atoms with Gasteiger partial charge in [0.2, 0.25) is 5.91 Å². The van der Waals surface area contributed by atoms with Crippen LogP contribution in [0.2, 0.25) is 0 Å². The molecule has 3 aliphatic heterocycles. The Labute approximate surface area is 161 Å². The van der Waals surface area contributed by atoms with Crippen molar-refractivity contribution in [1.29, 1.82) is 0 Å². The van der Waals surface area contributed by atoms with Crippen molar-refractivity contribution in [2.45, 2.75) is 57.7 Å². The lowest BCUT2D eigenvalue weighted by atomic mass is 9.53. The van der Waals surface area contributed by atoms with Gasteiger partial charge in [-0.3, -0.25) is 9.59 Å². The minimum atomic E-state index is 0.0242. The number of epoxide rings is 1. The minimum absolute atomic E-state index is 0.0242. The van der Waals surface area contributed by atoms with Gasteiger partial charge in [-0.25, -0.2) is 0 Å². The lowest BCUT2D eigenvalue weighted by Gasteiger charge is -2.51. The van der Waals surface area contributed by atoms with Crippen LogP contribution in [-0.2, 0) is 19.1 Å². The predicted molar refractivity (Wildman–Crippen MR) is 98.0 cm³/mol. The zero-order chi connectivity index (χ0) is 18.8. The molecule has 5 fully saturated rings. The summed E-state index contributed by atoms with van der Waals surface area (Å²) < 4.78 is 11.9. The maximum Gasteiger partial charge on any atom is 0.315 e. The Morgan fingerprint density at radius 3 is 2.70 bits per heavy atom. The summed E-state index contributed by atoms with van der Waals surface area (Å²) in [5, 5.41) is 0. The number of carbonyl (C=O) groups excluding carboxylic acids is 2. The molecule has 0 bridgehead atoms. The third-order valence-corrected chi connectivity index (χ3v) is 8.50. The zero-order valence-electron chi connectivity index (χ0n) is 16.7. The Bertz CT molecular complexity index is 640. The number of amides is 1. The lowest BCUT2D eigenvalue weighted by molar-refractivity contribution is -0.906. The van der Waals surface area contributed by atoms with Crippen molar-refractivity contribution in [3.05, 3.63) is 0 Å². The number of piperazine rings is 1. The van der Waals surface area contributed by atoms with E-state index in [2.05, 4.69) is 6.92 Å². The number of fused-ring (bicyclic) bond motifs is 3. The number of hydrogen-bond acceptors (Lipinski definition) is 4. The Balaban J connectivity index is 1.28. The van der Waals surface area contributed by atoms with Crippen molar-refractivity contribution in [3.8, 4) is 0 Å². The van der Waals surface area contributed by atoms with E-state index < -0.39 is 0 Å². The average molecular weight is 378 g/mol. The van der Waals surface area contributed by atoms with Crippen LogP contribution in [0.4, 0.5) is 0 Å². The number of carbonyl (C=O) groups is 2. The number of nitrogens with zero attached hydrogens (tertiary/aromatic N) is 1. The maximum absolute atomic E-state index is 12.7. The molecular formula is C21H33N2O4+. The number of hydrogen-bond donors (Lipinski definition) is 1. The fourth-order valence-electron chi connectivity index (χ4n) is 6.84. The molecule has 0 aromatic heterocycles. The average Bonchev–Trinajstić information content (AvgIpc) is 3.33. The van der Waals surface area contributed by atoms with Gasteiger partial charge in [0.1, 0.15) is 12.0 Å². The first-order chi connectivity index (χ1) is 12.9. The molecule has 5 rings (SSSR count). The SMILES string of the molecule is CC(=O)N1CC[NH+](C[C@H]2C(=O)O[C@@H]3C[C@@]4(C)CCC[C@@]5(CO5)[C@@H]4C[C@@H]32)CC1. The topological polar surface area (TPSA) is 63.6 Å². The summed E-state index contributed by atoms with van der Waals surface area (Å²) in [5.41, 5.74) is 0.388. The second-order valence-corrected chi connectivity index (χ2v) is 10.1. The number of nitrogens with one attached hydrogen (secondary N) is 1. The van der Waals surface area contributed by atoms with Crippen molar-refractivity contribution in [3.63, 3.8) is 0 Å². The van der Waals surface area contributed by atoms with Gasteiger partial charge in [0.05, 0.1) is 44.9 Å². The van der Waals surface area contributed by atoms with Gasteiger partial charge in [-0.05, 0) is 43.4 Å². The molecule has 2 saturated carbocycles. The Morgan fingerprint density at radius 1 is 1.30 bits per heavy atom. The molecule has 0 aromatic rings. The van der Waals surface area contributed by atoms with Crippen LogP contribution >= 0.6 is 0 Å².